The average molecular weight is 599 g/mol. The van der Waals surface area contributed by atoms with Crippen LogP contribution in [-0.4, -0.2) is 86.9 Å². The number of anilines is 1. The summed E-state index contributed by atoms with van der Waals surface area (Å²) in [6.45, 7) is 10.4. The van der Waals surface area contributed by atoms with E-state index < -0.39 is 27.7 Å². The molecule has 1 saturated heterocycles. The summed E-state index contributed by atoms with van der Waals surface area (Å²) in [5.74, 6) is -1.49. The van der Waals surface area contributed by atoms with Crippen molar-refractivity contribution in [2.24, 2.45) is 0 Å². The highest BCUT2D eigenvalue weighted by atomic mass is 32.2. The normalized spacial score (nSPS) is 18.2. The fraction of sp³-hybridized carbons (Fsp3) is 0.560. The molecule has 224 valence electrons. The number of nitrogens with one attached hydrogen (secondary N) is 1. The van der Waals surface area contributed by atoms with Gasteiger partial charge in [-0.1, -0.05) is 0 Å². The standard InChI is InChI=1S/C23H32N8O2S.C2HF3O2/c1-22(2,3)30-13-6-12-29(15-16-30)19-7-14-31-20(27-19)18(17-26-31)34(32,33)28-23(8-4-9-23)21-24-10-5-11-25-21;3-2(4,5)1(6)7/h5,7,10-11,14,17,28H,4,6,8-9,12-13,15-16H2,1-3H3;(H,6,7). The monoisotopic (exact) mass is 598 g/mol. The highest BCUT2D eigenvalue weighted by Crippen LogP contribution is 2.40. The minimum Gasteiger partial charge on any atom is -0.475 e. The van der Waals surface area contributed by atoms with Crippen molar-refractivity contribution in [2.45, 2.75) is 68.6 Å². The number of aliphatic carboxylic acids is 1. The molecule has 2 N–H and O–H groups in total. The van der Waals surface area contributed by atoms with Crippen LogP contribution in [0.3, 0.4) is 0 Å². The van der Waals surface area contributed by atoms with Gasteiger partial charge in [-0.05, 0) is 58.6 Å². The first-order valence-corrected chi connectivity index (χ1v) is 14.6. The molecule has 4 heterocycles. The number of sulfonamides is 1. The first-order chi connectivity index (χ1) is 19.1. The lowest BCUT2D eigenvalue weighted by atomic mass is 9.77. The Morgan fingerprint density at radius 1 is 1.05 bits per heavy atom. The molecule has 0 amide bonds. The number of nitrogens with zero attached hydrogens (tertiary/aromatic N) is 7. The van der Waals surface area contributed by atoms with Gasteiger partial charge in [-0.3, -0.25) is 4.90 Å². The van der Waals surface area contributed by atoms with Gasteiger partial charge in [-0.15, -0.1) is 0 Å². The van der Waals surface area contributed by atoms with E-state index in [-0.39, 0.29) is 10.4 Å². The highest BCUT2D eigenvalue weighted by molar-refractivity contribution is 7.89. The van der Waals surface area contributed by atoms with Gasteiger partial charge in [0.05, 0.1) is 11.7 Å². The van der Waals surface area contributed by atoms with E-state index in [9.17, 15) is 21.6 Å². The van der Waals surface area contributed by atoms with Crippen LogP contribution >= 0.6 is 0 Å². The topological polar surface area (TPSA) is 146 Å². The summed E-state index contributed by atoms with van der Waals surface area (Å²) in [5.41, 5.74) is -0.343. The van der Waals surface area contributed by atoms with Crippen LogP contribution in [0.15, 0.2) is 41.8 Å². The number of carbonyl (C=O) groups is 1. The van der Waals surface area contributed by atoms with E-state index in [0.717, 1.165) is 44.8 Å². The number of alkyl halides is 3. The van der Waals surface area contributed by atoms with Crippen molar-refractivity contribution >= 4 is 27.5 Å². The van der Waals surface area contributed by atoms with Gasteiger partial charge in [-0.2, -0.15) is 23.0 Å². The minimum atomic E-state index is -5.08. The zero-order valence-electron chi connectivity index (χ0n) is 23.0. The Kier molecular flexibility index (Phi) is 8.57. The molecular formula is C25H33F3N8O4S. The summed E-state index contributed by atoms with van der Waals surface area (Å²) in [5, 5.41) is 11.4. The van der Waals surface area contributed by atoms with Gasteiger partial charge in [0.1, 0.15) is 16.5 Å². The summed E-state index contributed by atoms with van der Waals surface area (Å²) < 4.78 is 63.1. The molecule has 16 heteroatoms. The van der Waals surface area contributed by atoms with Crippen LogP contribution in [0.1, 0.15) is 52.3 Å². The lowest BCUT2D eigenvalue weighted by molar-refractivity contribution is -0.192. The fourth-order valence-corrected chi connectivity index (χ4v) is 6.27. The van der Waals surface area contributed by atoms with Crippen LogP contribution in [0.5, 0.6) is 0 Å². The summed E-state index contributed by atoms with van der Waals surface area (Å²) >= 11 is 0. The van der Waals surface area contributed by atoms with Gasteiger partial charge in [0.15, 0.2) is 5.65 Å². The Bertz CT molecular complexity index is 1470. The number of carboxylic acids is 1. The summed E-state index contributed by atoms with van der Waals surface area (Å²) in [7, 11) is -3.90. The summed E-state index contributed by atoms with van der Waals surface area (Å²) in [6, 6.07) is 3.63. The number of hydrogen-bond acceptors (Lipinski definition) is 9. The van der Waals surface area contributed by atoms with E-state index >= 15 is 0 Å². The van der Waals surface area contributed by atoms with Gasteiger partial charge in [0, 0.05) is 50.3 Å². The molecular weight excluding hydrogens is 565 g/mol. The predicted octanol–water partition coefficient (Wildman–Crippen LogP) is 2.82. The van der Waals surface area contributed by atoms with Crippen LogP contribution < -0.4 is 9.62 Å². The quantitative estimate of drug-likeness (QED) is 0.450. The molecule has 3 aromatic rings. The minimum absolute atomic E-state index is 0.0719. The smallest absolute Gasteiger partial charge is 0.475 e. The Morgan fingerprint density at radius 3 is 2.27 bits per heavy atom. The maximum Gasteiger partial charge on any atom is 0.490 e. The first kappa shape index (κ1) is 30.6. The van der Waals surface area contributed by atoms with E-state index in [1.165, 1.54) is 10.7 Å². The molecule has 0 aromatic carbocycles. The zero-order chi connectivity index (χ0) is 30.1. The molecule has 0 radical (unpaired) electrons. The molecule has 1 aliphatic carbocycles. The molecule has 2 aliphatic rings. The number of hydrogen-bond donors (Lipinski definition) is 2. The number of halogens is 3. The van der Waals surface area contributed by atoms with Crippen LogP contribution in [0.4, 0.5) is 19.0 Å². The Hall–Kier alpha value is -3.37. The van der Waals surface area contributed by atoms with Gasteiger partial charge in [0.2, 0.25) is 10.0 Å². The molecule has 1 aliphatic heterocycles. The van der Waals surface area contributed by atoms with Crippen molar-refractivity contribution in [2.75, 3.05) is 31.1 Å². The van der Waals surface area contributed by atoms with Gasteiger partial charge in [0.25, 0.3) is 0 Å². The third-order valence-electron chi connectivity index (χ3n) is 7.15. The lowest BCUT2D eigenvalue weighted by Gasteiger charge is -2.40. The maximum atomic E-state index is 13.5. The van der Waals surface area contributed by atoms with E-state index in [1.807, 2.05) is 6.07 Å². The number of rotatable bonds is 5. The Morgan fingerprint density at radius 2 is 1.71 bits per heavy atom. The second kappa shape index (κ2) is 11.5. The number of aromatic nitrogens is 5. The summed E-state index contributed by atoms with van der Waals surface area (Å²) in [6.07, 6.45) is 4.61. The van der Waals surface area contributed by atoms with Gasteiger partial charge < -0.3 is 10.0 Å². The van der Waals surface area contributed by atoms with Crippen LogP contribution in [0.25, 0.3) is 5.65 Å². The highest BCUT2D eigenvalue weighted by Gasteiger charge is 2.45. The van der Waals surface area contributed by atoms with E-state index in [0.29, 0.717) is 24.3 Å². The Labute approximate surface area is 235 Å². The molecule has 2 fully saturated rings. The SMILES string of the molecule is CC(C)(C)N1CCCN(c2ccn3ncc(S(=O)(=O)NC4(c5ncccn5)CCC4)c3n2)CC1.O=C(O)C(F)(F)F. The van der Waals surface area contributed by atoms with E-state index in [2.05, 4.69) is 50.4 Å². The number of carboxylic acid groups (broad SMARTS) is 1. The summed E-state index contributed by atoms with van der Waals surface area (Å²) in [4.78, 5) is 27.1. The second-order valence-electron chi connectivity index (χ2n) is 11.0. The fourth-order valence-electron chi connectivity index (χ4n) is 4.78. The molecule has 0 atom stereocenters. The van der Waals surface area contributed by atoms with Crippen LogP contribution in [-0.2, 0) is 20.4 Å². The third-order valence-corrected chi connectivity index (χ3v) is 8.68. The largest absolute Gasteiger partial charge is 0.490 e. The van der Waals surface area contributed by atoms with Gasteiger partial charge in [-0.25, -0.2) is 32.7 Å². The molecule has 0 bridgehead atoms. The molecule has 12 nitrogen and oxygen atoms in total. The lowest BCUT2D eigenvalue weighted by Crippen LogP contribution is -2.51. The molecule has 0 unspecified atom stereocenters. The van der Waals surface area contributed by atoms with E-state index in [4.69, 9.17) is 14.9 Å². The van der Waals surface area contributed by atoms with Crippen molar-refractivity contribution in [3.63, 3.8) is 0 Å². The third kappa shape index (κ3) is 6.93. The van der Waals surface area contributed by atoms with Gasteiger partial charge >= 0.3 is 12.1 Å². The maximum absolute atomic E-state index is 13.5. The van der Waals surface area contributed by atoms with E-state index in [1.54, 1.807) is 24.7 Å². The van der Waals surface area contributed by atoms with Crippen molar-refractivity contribution in [1.82, 2.24) is 34.2 Å². The second-order valence-corrected chi connectivity index (χ2v) is 12.6. The molecule has 0 spiro atoms. The number of fused-ring (bicyclic) bond motifs is 1. The van der Waals surface area contributed by atoms with Crippen LogP contribution in [0, 0.1) is 0 Å². The average Bonchev–Trinajstić information content (AvgIpc) is 3.14. The van der Waals surface area contributed by atoms with Crippen molar-refractivity contribution < 1.29 is 31.5 Å². The molecule has 5 rings (SSSR count). The van der Waals surface area contributed by atoms with Crippen LogP contribution in [0.2, 0.25) is 0 Å². The van der Waals surface area contributed by atoms with Crippen molar-refractivity contribution in [1.29, 1.82) is 0 Å². The first-order valence-electron chi connectivity index (χ1n) is 13.1. The molecule has 41 heavy (non-hydrogen) atoms. The zero-order valence-corrected chi connectivity index (χ0v) is 23.8. The van der Waals surface area contributed by atoms with Crippen molar-refractivity contribution in [3.8, 4) is 0 Å². The predicted molar refractivity (Wildman–Crippen MR) is 143 cm³/mol. The molecule has 1 saturated carbocycles. The molecule has 3 aromatic heterocycles. The Balaban J connectivity index is 0.000000493. The van der Waals surface area contributed by atoms with Crippen molar-refractivity contribution in [3.05, 3.63) is 42.7 Å².